The highest BCUT2D eigenvalue weighted by Gasteiger charge is 2.22. The summed E-state index contributed by atoms with van der Waals surface area (Å²) in [6.07, 6.45) is 0. The van der Waals surface area contributed by atoms with E-state index in [1.165, 1.54) is 16.4 Å². The van der Waals surface area contributed by atoms with Crippen LogP contribution in [-0.4, -0.2) is 36.7 Å². The standard InChI is InChI=1S/C19H21N3O3S2/c1-4-22(5-2)27(24,25)16-8-6-7-14(11-16)19(23)21-15-9-10-17-18(12-15)26-13(3)20-17/h6-12H,4-5H2,1-3H3,(H,21,23). The third kappa shape index (κ3) is 4.02. The van der Waals surface area contributed by atoms with Crippen LogP contribution in [0.2, 0.25) is 0 Å². The number of benzene rings is 2. The number of hydrogen-bond donors (Lipinski definition) is 1. The highest BCUT2D eigenvalue weighted by atomic mass is 32.2. The smallest absolute Gasteiger partial charge is 0.255 e. The Morgan fingerprint density at radius 2 is 1.89 bits per heavy atom. The van der Waals surface area contributed by atoms with E-state index in [1.54, 1.807) is 43.4 Å². The summed E-state index contributed by atoms with van der Waals surface area (Å²) < 4.78 is 27.7. The zero-order valence-electron chi connectivity index (χ0n) is 15.4. The third-order valence-corrected chi connectivity index (χ3v) is 7.17. The number of aryl methyl sites for hydroxylation is 1. The first-order chi connectivity index (χ1) is 12.8. The first-order valence-electron chi connectivity index (χ1n) is 8.64. The maximum Gasteiger partial charge on any atom is 0.255 e. The molecule has 1 amide bonds. The van der Waals surface area contributed by atoms with E-state index in [1.807, 2.05) is 19.1 Å². The molecule has 1 heterocycles. The fourth-order valence-corrected chi connectivity index (χ4v) is 5.20. The van der Waals surface area contributed by atoms with Crippen LogP contribution in [-0.2, 0) is 10.0 Å². The lowest BCUT2D eigenvalue weighted by Crippen LogP contribution is -2.30. The molecule has 1 aromatic heterocycles. The van der Waals surface area contributed by atoms with Crippen LogP contribution in [0.5, 0.6) is 0 Å². The lowest BCUT2D eigenvalue weighted by Gasteiger charge is -2.18. The van der Waals surface area contributed by atoms with Gasteiger partial charge >= 0.3 is 0 Å². The number of rotatable bonds is 6. The van der Waals surface area contributed by atoms with Crippen molar-refractivity contribution in [1.29, 1.82) is 0 Å². The van der Waals surface area contributed by atoms with Crippen LogP contribution in [0, 0.1) is 6.92 Å². The number of sulfonamides is 1. The first kappa shape index (κ1) is 19.5. The number of aromatic nitrogens is 1. The number of thiazole rings is 1. The molecule has 0 radical (unpaired) electrons. The topological polar surface area (TPSA) is 79.4 Å². The van der Waals surface area contributed by atoms with Crippen molar-refractivity contribution in [1.82, 2.24) is 9.29 Å². The normalized spacial score (nSPS) is 11.9. The number of anilines is 1. The fraction of sp³-hybridized carbons (Fsp3) is 0.263. The highest BCUT2D eigenvalue weighted by molar-refractivity contribution is 7.89. The molecule has 0 atom stereocenters. The second-order valence-corrected chi connectivity index (χ2v) is 9.16. The van der Waals surface area contributed by atoms with Gasteiger partial charge in [0.1, 0.15) is 0 Å². The number of fused-ring (bicyclic) bond motifs is 1. The van der Waals surface area contributed by atoms with Gasteiger partial charge in [-0.1, -0.05) is 19.9 Å². The van der Waals surface area contributed by atoms with Gasteiger partial charge in [-0.05, 0) is 43.3 Å². The van der Waals surface area contributed by atoms with Gasteiger partial charge in [-0.3, -0.25) is 4.79 Å². The molecule has 142 valence electrons. The average Bonchev–Trinajstić information content (AvgIpc) is 3.02. The predicted molar refractivity (Wildman–Crippen MR) is 109 cm³/mol. The molecule has 0 unspecified atom stereocenters. The number of nitrogens with one attached hydrogen (secondary N) is 1. The molecule has 0 saturated carbocycles. The Hall–Kier alpha value is -2.29. The maximum absolute atomic E-state index is 12.7. The fourth-order valence-electron chi connectivity index (χ4n) is 2.83. The van der Waals surface area contributed by atoms with E-state index in [2.05, 4.69) is 10.3 Å². The summed E-state index contributed by atoms with van der Waals surface area (Å²) in [5.74, 6) is -0.354. The Kier molecular flexibility index (Phi) is 5.59. The summed E-state index contributed by atoms with van der Waals surface area (Å²) in [7, 11) is -3.61. The van der Waals surface area contributed by atoms with Gasteiger partial charge in [0, 0.05) is 24.3 Å². The number of amides is 1. The number of carbonyl (C=O) groups is 1. The minimum absolute atomic E-state index is 0.118. The molecule has 8 heteroatoms. The summed E-state index contributed by atoms with van der Waals surface area (Å²) in [6.45, 7) is 6.27. The van der Waals surface area contributed by atoms with Crippen molar-refractivity contribution < 1.29 is 13.2 Å². The lowest BCUT2D eigenvalue weighted by atomic mass is 10.2. The SMILES string of the molecule is CCN(CC)S(=O)(=O)c1cccc(C(=O)Nc2ccc3nc(C)sc3c2)c1. The number of hydrogen-bond acceptors (Lipinski definition) is 5. The molecule has 0 saturated heterocycles. The van der Waals surface area contributed by atoms with Gasteiger partial charge in [0.15, 0.2) is 0 Å². The van der Waals surface area contributed by atoms with Gasteiger partial charge in [-0.15, -0.1) is 11.3 Å². The maximum atomic E-state index is 12.7. The van der Waals surface area contributed by atoms with Gasteiger partial charge in [0.05, 0.1) is 20.1 Å². The largest absolute Gasteiger partial charge is 0.322 e. The van der Waals surface area contributed by atoms with E-state index >= 15 is 0 Å². The van der Waals surface area contributed by atoms with Crippen LogP contribution in [0.1, 0.15) is 29.2 Å². The Morgan fingerprint density at radius 1 is 1.15 bits per heavy atom. The van der Waals surface area contributed by atoms with Crippen LogP contribution in [0.15, 0.2) is 47.4 Å². The van der Waals surface area contributed by atoms with Crippen molar-refractivity contribution in [3.8, 4) is 0 Å². The molecule has 0 fully saturated rings. The van der Waals surface area contributed by atoms with Gasteiger partial charge in [0.2, 0.25) is 10.0 Å². The molecular weight excluding hydrogens is 382 g/mol. The molecular formula is C19H21N3O3S2. The second-order valence-electron chi connectivity index (χ2n) is 5.99. The zero-order chi connectivity index (χ0) is 19.6. The molecule has 0 spiro atoms. The van der Waals surface area contributed by atoms with Crippen LogP contribution < -0.4 is 5.32 Å². The molecule has 0 aliphatic rings. The molecule has 3 aromatic rings. The Labute approximate surface area is 162 Å². The van der Waals surface area contributed by atoms with Crippen molar-refractivity contribution in [2.75, 3.05) is 18.4 Å². The van der Waals surface area contributed by atoms with Crippen molar-refractivity contribution in [3.05, 3.63) is 53.0 Å². The summed E-state index contributed by atoms with van der Waals surface area (Å²) in [6, 6.07) is 11.6. The van der Waals surface area contributed by atoms with Gasteiger partial charge < -0.3 is 5.32 Å². The average molecular weight is 404 g/mol. The van der Waals surface area contributed by atoms with E-state index in [9.17, 15) is 13.2 Å². The van der Waals surface area contributed by atoms with E-state index in [4.69, 9.17) is 0 Å². The van der Waals surface area contributed by atoms with Crippen molar-refractivity contribution in [2.24, 2.45) is 0 Å². The van der Waals surface area contributed by atoms with Crippen LogP contribution in [0.4, 0.5) is 5.69 Å². The molecule has 27 heavy (non-hydrogen) atoms. The molecule has 1 N–H and O–H groups in total. The Morgan fingerprint density at radius 3 is 2.59 bits per heavy atom. The summed E-state index contributed by atoms with van der Waals surface area (Å²) in [4.78, 5) is 17.1. The highest BCUT2D eigenvalue weighted by Crippen LogP contribution is 2.25. The quantitative estimate of drug-likeness (QED) is 0.677. The minimum Gasteiger partial charge on any atom is -0.322 e. The first-order valence-corrected chi connectivity index (χ1v) is 10.9. The van der Waals surface area contributed by atoms with E-state index in [0.29, 0.717) is 24.3 Å². The Balaban J connectivity index is 1.86. The number of carbonyl (C=O) groups excluding carboxylic acids is 1. The minimum atomic E-state index is -3.61. The summed E-state index contributed by atoms with van der Waals surface area (Å²) in [5, 5.41) is 3.79. The second kappa shape index (κ2) is 7.75. The van der Waals surface area contributed by atoms with E-state index in [0.717, 1.165) is 15.2 Å². The van der Waals surface area contributed by atoms with Gasteiger partial charge in [0.25, 0.3) is 5.91 Å². The van der Waals surface area contributed by atoms with Crippen molar-refractivity contribution in [3.63, 3.8) is 0 Å². The summed E-state index contributed by atoms with van der Waals surface area (Å²) >= 11 is 1.56. The van der Waals surface area contributed by atoms with Crippen molar-refractivity contribution in [2.45, 2.75) is 25.7 Å². The molecule has 0 aliphatic heterocycles. The molecule has 3 rings (SSSR count). The molecule has 0 bridgehead atoms. The predicted octanol–water partition coefficient (Wildman–Crippen LogP) is 3.89. The molecule has 0 aliphatic carbocycles. The van der Waals surface area contributed by atoms with Gasteiger partial charge in [-0.2, -0.15) is 4.31 Å². The monoisotopic (exact) mass is 403 g/mol. The van der Waals surface area contributed by atoms with E-state index in [-0.39, 0.29) is 10.8 Å². The van der Waals surface area contributed by atoms with E-state index < -0.39 is 10.0 Å². The van der Waals surface area contributed by atoms with Crippen LogP contribution in [0.25, 0.3) is 10.2 Å². The van der Waals surface area contributed by atoms with Crippen LogP contribution >= 0.6 is 11.3 Å². The zero-order valence-corrected chi connectivity index (χ0v) is 17.0. The van der Waals surface area contributed by atoms with Crippen molar-refractivity contribution >= 4 is 43.2 Å². The molecule has 6 nitrogen and oxygen atoms in total. The Bertz CT molecular complexity index is 1090. The summed E-state index contributed by atoms with van der Waals surface area (Å²) in [5.41, 5.74) is 1.83. The molecule has 2 aromatic carbocycles. The van der Waals surface area contributed by atoms with Gasteiger partial charge in [-0.25, -0.2) is 13.4 Å². The lowest BCUT2D eigenvalue weighted by molar-refractivity contribution is 0.102. The van der Waals surface area contributed by atoms with Crippen LogP contribution in [0.3, 0.4) is 0 Å². The third-order valence-electron chi connectivity index (χ3n) is 4.19. The number of nitrogens with zero attached hydrogens (tertiary/aromatic N) is 2.